The van der Waals surface area contributed by atoms with Gasteiger partial charge in [-0.2, -0.15) is 5.10 Å². The first kappa shape index (κ1) is 13.3. The summed E-state index contributed by atoms with van der Waals surface area (Å²) in [5.41, 5.74) is 0. The number of nitrogens with one attached hydrogen (secondary N) is 1. The molecule has 0 unspecified atom stereocenters. The van der Waals surface area contributed by atoms with Gasteiger partial charge >= 0.3 is 0 Å². The van der Waals surface area contributed by atoms with E-state index < -0.39 is 0 Å². The van der Waals surface area contributed by atoms with Gasteiger partial charge in [-0.15, -0.1) is 0 Å². The van der Waals surface area contributed by atoms with Crippen molar-refractivity contribution in [2.24, 2.45) is 7.05 Å². The van der Waals surface area contributed by atoms with Gasteiger partial charge in [0, 0.05) is 26.1 Å². The highest BCUT2D eigenvalue weighted by Crippen LogP contribution is 2.12. The summed E-state index contributed by atoms with van der Waals surface area (Å²) in [5.74, 6) is 2.12. The van der Waals surface area contributed by atoms with Crippen molar-refractivity contribution in [3.63, 3.8) is 0 Å². The van der Waals surface area contributed by atoms with Gasteiger partial charge in [0.15, 0.2) is 5.82 Å². The molecule has 0 amide bonds. The Kier molecular flexibility index (Phi) is 4.27. The van der Waals surface area contributed by atoms with Crippen LogP contribution in [0, 0.1) is 0 Å². The number of nitrogens with zero attached hydrogens (tertiary/aromatic N) is 5. The van der Waals surface area contributed by atoms with Crippen molar-refractivity contribution in [1.29, 1.82) is 0 Å². The van der Waals surface area contributed by atoms with Gasteiger partial charge in [-0.1, -0.05) is 0 Å². The van der Waals surface area contributed by atoms with E-state index in [1.165, 1.54) is 6.33 Å². The van der Waals surface area contributed by atoms with Gasteiger partial charge in [-0.25, -0.2) is 15.0 Å². The molecule has 0 atom stereocenters. The number of hydrogen-bond donors (Lipinski definition) is 1. The lowest BCUT2D eigenvalue weighted by molar-refractivity contribution is 0.232. The van der Waals surface area contributed by atoms with Crippen LogP contribution in [0.4, 0.5) is 5.82 Å². The molecule has 0 radical (unpaired) electrons. The van der Waals surface area contributed by atoms with Crippen molar-refractivity contribution in [3.05, 3.63) is 24.5 Å². The standard InChI is InChI=1S/C12H18N6O/c1-9(2)19-12-6-11(14-7-15-12)13-5-4-10-16-8-18(3)17-10/h6-9H,4-5H2,1-3H3,(H,13,14,15). The summed E-state index contributed by atoms with van der Waals surface area (Å²) in [7, 11) is 1.85. The van der Waals surface area contributed by atoms with Crippen LogP contribution < -0.4 is 10.1 Å². The van der Waals surface area contributed by atoms with Crippen LogP contribution in [0.5, 0.6) is 5.88 Å². The van der Waals surface area contributed by atoms with E-state index in [2.05, 4.69) is 25.4 Å². The van der Waals surface area contributed by atoms with Gasteiger partial charge in [0.25, 0.3) is 0 Å². The summed E-state index contributed by atoms with van der Waals surface area (Å²) in [6.45, 7) is 4.63. The second kappa shape index (κ2) is 6.12. The zero-order valence-electron chi connectivity index (χ0n) is 11.4. The maximum absolute atomic E-state index is 5.50. The monoisotopic (exact) mass is 262 g/mol. The van der Waals surface area contributed by atoms with Crippen LogP contribution in [0.2, 0.25) is 0 Å². The van der Waals surface area contributed by atoms with Crippen LogP contribution in [-0.4, -0.2) is 37.4 Å². The summed E-state index contributed by atoms with van der Waals surface area (Å²) in [6, 6.07) is 1.78. The van der Waals surface area contributed by atoms with E-state index in [0.29, 0.717) is 12.4 Å². The predicted octanol–water partition coefficient (Wildman–Crippen LogP) is 1.05. The van der Waals surface area contributed by atoms with Crippen LogP contribution in [-0.2, 0) is 13.5 Å². The van der Waals surface area contributed by atoms with Crippen LogP contribution in [0.3, 0.4) is 0 Å². The topological polar surface area (TPSA) is 77.8 Å². The van der Waals surface area contributed by atoms with Gasteiger partial charge in [-0.3, -0.25) is 4.68 Å². The Labute approximate surface area is 112 Å². The summed E-state index contributed by atoms with van der Waals surface area (Å²) in [5, 5.41) is 7.40. The first-order chi connectivity index (χ1) is 9.13. The minimum absolute atomic E-state index is 0.0977. The Bertz CT molecular complexity index is 524. The Morgan fingerprint density at radius 1 is 1.32 bits per heavy atom. The van der Waals surface area contributed by atoms with E-state index in [-0.39, 0.29) is 6.10 Å². The number of aromatic nitrogens is 5. The molecular formula is C12H18N6O. The molecule has 0 aliphatic heterocycles. The molecule has 7 nitrogen and oxygen atoms in total. The molecule has 2 rings (SSSR count). The number of rotatable bonds is 6. The number of anilines is 1. The summed E-state index contributed by atoms with van der Waals surface area (Å²) >= 11 is 0. The van der Waals surface area contributed by atoms with Gasteiger partial charge < -0.3 is 10.1 Å². The third-order valence-electron chi connectivity index (χ3n) is 2.30. The van der Waals surface area contributed by atoms with Crippen molar-refractivity contribution in [2.75, 3.05) is 11.9 Å². The third kappa shape index (κ3) is 4.20. The van der Waals surface area contributed by atoms with Crippen molar-refractivity contribution < 1.29 is 4.74 Å². The Morgan fingerprint density at radius 2 is 2.16 bits per heavy atom. The zero-order chi connectivity index (χ0) is 13.7. The number of ether oxygens (including phenoxy) is 1. The number of hydrogen-bond acceptors (Lipinski definition) is 6. The first-order valence-electron chi connectivity index (χ1n) is 6.20. The fourth-order valence-electron chi connectivity index (χ4n) is 1.54. The van der Waals surface area contributed by atoms with Crippen LogP contribution >= 0.6 is 0 Å². The average molecular weight is 262 g/mol. The predicted molar refractivity (Wildman–Crippen MR) is 71.0 cm³/mol. The Balaban J connectivity index is 1.85. The van der Waals surface area contributed by atoms with Crippen LogP contribution in [0.15, 0.2) is 18.7 Å². The zero-order valence-corrected chi connectivity index (χ0v) is 11.4. The van der Waals surface area contributed by atoms with Crippen LogP contribution in [0.25, 0.3) is 0 Å². The lowest BCUT2D eigenvalue weighted by atomic mass is 10.4. The molecule has 0 fully saturated rings. The van der Waals surface area contributed by atoms with Crippen molar-refractivity contribution in [1.82, 2.24) is 24.7 Å². The van der Waals surface area contributed by atoms with E-state index >= 15 is 0 Å². The quantitative estimate of drug-likeness (QED) is 0.838. The van der Waals surface area contributed by atoms with E-state index in [9.17, 15) is 0 Å². The maximum atomic E-state index is 5.50. The first-order valence-corrected chi connectivity index (χ1v) is 6.20. The van der Waals surface area contributed by atoms with E-state index in [4.69, 9.17) is 4.74 Å². The van der Waals surface area contributed by atoms with Gasteiger partial charge in [0.2, 0.25) is 5.88 Å². The molecular weight excluding hydrogens is 244 g/mol. The van der Waals surface area contributed by atoms with E-state index in [1.807, 2.05) is 20.9 Å². The molecule has 0 aromatic carbocycles. The molecule has 2 aromatic rings. The maximum Gasteiger partial charge on any atom is 0.218 e. The highest BCUT2D eigenvalue weighted by atomic mass is 16.5. The van der Waals surface area contributed by atoms with Crippen molar-refractivity contribution in [3.8, 4) is 5.88 Å². The highest BCUT2D eigenvalue weighted by molar-refractivity contribution is 5.37. The van der Waals surface area contributed by atoms with E-state index in [1.54, 1.807) is 17.1 Å². The number of aryl methyl sites for hydroxylation is 1. The van der Waals surface area contributed by atoms with Crippen molar-refractivity contribution >= 4 is 5.82 Å². The SMILES string of the molecule is CC(C)Oc1cc(NCCc2ncn(C)n2)ncn1. The van der Waals surface area contributed by atoms with Gasteiger partial charge in [0.05, 0.1) is 6.10 Å². The van der Waals surface area contributed by atoms with E-state index in [0.717, 1.165) is 18.1 Å². The Morgan fingerprint density at radius 3 is 2.84 bits per heavy atom. The minimum atomic E-state index is 0.0977. The molecule has 0 aliphatic carbocycles. The molecule has 0 saturated heterocycles. The molecule has 19 heavy (non-hydrogen) atoms. The third-order valence-corrected chi connectivity index (χ3v) is 2.30. The Hall–Kier alpha value is -2.18. The lowest BCUT2D eigenvalue weighted by Crippen LogP contribution is -2.10. The smallest absolute Gasteiger partial charge is 0.218 e. The molecule has 1 N–H and O–H groups in total. The van der Waals surface area contributed by atoms with Crippen LogP contribution in [0.1, 0.15) is 19.7 Å². The normalized spacial score (nSPS) is 10.7. The van der Waals surface area contributed by atoms with Gasteiger partial charge in [-0.05, 0) is 13.8 Å². The summed E-state index contributed by atoms with van der Waals surface area (Å²) in [6.07, 6.45) is 4.01. The fraction of sp³-hybridized carbons (Fsp3) is 0.500. The molecule has 2 heterocycles. The minimum Gasteiger partial charge on any atom is -0.475 e. The largest absolute Gasteiger partial charge is 0.475 e. The summed E-state index contributed by atoms with van der Waals surface area (Å²) < 4.78 is 7.19. The highest BCUT2D eigenvalue weighted by Gasteiger charge is 2.03. The molecule has 2 aromatic heterocycles. The second-order valence-corrected chi connectivity index (χ2v) is 4.42. The average Bonchev–Trinajstić information content (AvgIpc) is 2.75. The lowest BCUT2D eigenvalue weighted by Gasteiger charge is -2.09. The molecule has 102 valence electrons. The van der Waals surface area contributed by atoms with Gasteiger partial charge in [0.1, 0.15) is 18.5 Å². The summed E-state index contributed by atoms with van der Waals surface area (Å²) in [4.78, 5) is 12.3. The molecule has 0 bridgehead atoms. The molecule has 0 aliphatic rings. The molecule has 0 spiro atoms. The second-order valence-electron chi connectivity index (χ2n) is 4.42. The molecule has 0 saturated carbocycles. The van der Waals surface area contributed by atoms with Crippen molar-refractivity contribution in [2.45, 2.75) is 26.4 Å². The molecule has 7 heteroatoms. The fourth-order valence-corrected chi connectivity index (χ4v) is 1.54.